The Kier molecular flexibility index (Phi) is 6.13. The van der Waals surface area contributed by atoms with Gasteiger partial charge in [0.05, 0.1) is 13.2 Å². The maximum absolute atomic E-state index is 12.4. The number of imide groups is 2. The molecule has 0 spiro atoms. The Morgan fingerprint density at radius 3 is 2.30 bits per heavy atom. The van der Waals surface area contributed by atoms with Crippen LogP contribution in [0.2, 0.25) is 0 Å². The molecule has 20 heavy (non-hydrogen) atoms. The molecule has 6 nitrogen and oxygen atoms in total. The van der Waals surface area contributed by atoms with E-state index in [1.165, 1.54) is 0 Å². The molecule has 1 heterocycles. The SMILES string of the molecule is CCCCOCCN1C(=O)NC(=O)C(CC)(CC)C1=O. The van der Waals surface area contributed by atoms with Gasteiger partial charge in [0.1, 0.15) is 5.41 Å². The second-order valence-corrected chi connectivity index (χ2v) is 4.97. The summed E-state index contributed by atoms with van der Waals surface area (Å²) in [6.07, 6.45) is 2.75. The van der Waals surface area contributed by atoms with Crippen molar-refractivity contribution < 1.29 is 19.1 Å². The normalized spacial score (nSPS) is 18.4. The van der Waals surface area contributed by atoms with Gasteiger partial charge in [0, 0.05) is 6.61 Å². The summed E-state index contributed by atoms with van der Waals surface area (Å²) in [5.41, 5.74) is -1.11. The number of carbonyl (C=O) groups is 3. The fourth-order valence-electron chi connectivity index (χ4n) is 2.31. The van der Waals surface area contributed by atoms with E-state index in [1.54, 1.807) is 13.8 Å². The minimum Gasteiger partial charge on any atom is -0.380 e. The van der Waals surface area contributed by atoms with Crippen molar-refractivity contribution in [2.75, 3.05) is 19.8 Å². The molecule has 6 heteroatoms. The molecule has 0 aromatic rings. The van der Waals surface area contributed by atoms with Gasteiger partial charge in [0.15, 0.2) is 0 Å². The van der Waals surface area contributed by atoms with Crippen LogP contribution in [0.25, 0.3) is 0 Å². The molecule has 1 aliphatic rings. The highest BCUT2D eigenvalue weighted by atomic mass is 16.5. The van der Waals surface area contributed by atoms with Gasteiger partial charge in [-0.3, -0.25) is 19.8 Å². The zero-order valence-electron chi connectivity index (χ0n) is 12.5. The van der Waals surface area contributed by atoms with Gasteiger partial charge < -0.3 is 4.74 Å². The molecule has 0 aromatic carbocycles. The monoisotopic (exact) mass is 284 g/mol. The van der Waals surface area contributed by atoms with E-state index >= 15 is 0 Å². The van der Waals surface area contributed by atoms with Crippen LogP contribution in [0.4, 0.5) is 4.79 Å². The van der Waals surface area contributed by atoms with E-state index in [0.717, 1.165) is 17.7 Å². The van der Waals surface area contributed by atoms with E-state index < -0.39 is 23.3 Å². The third-order valence-corrected chi connectivity index (χ3v) is 3.86. The van der Waals surface area contributed by atoms with Crippen molar-refractivity contribution in [3.05, 3.63) is 0 Å². The largest absolute Gasteiger partial charge is 0.380 e. The van der Waals surface area contributed by atoms with Crippen molar-refractivity contribution in [3.8, 4) is 0 Å². The maximum atomic E-state index is 12.4. The molecule has 0 atom stereocenters. The molecule has 114 valence electrons. The van der Waals surface area contributed by atoms with Crippen LogP contribution in [0.5, 0.6) is 0 Å². The fourth-order valence-corrected chi connectivity index (χ4v) is 2.31. The van der Waals surface area contributed by atoms with Gasteiger partial charge in [-0.05, 0) is 19.3 Å². The number of nitrogens with one attached hydrogen (secondary N) is 1. The van der Waals surface area contributed by atoms with E-state index in [4.69, 9.17) is 4.74 Å². The zero-order chi connectivity index (χ0) is 15.2. The number of barbiturate groups is 1. The predicted molar refractivity (Wildman–Crippen MR) is 74.0 cm³/mol. The molecular formula is C14H24N2O4. The van der Waals surface area contributed by atoms with E-state index in [2.05, 4.69) is 12.2 Å². The second kappa shape index (κ2) is 7.38. The molecule has 0 unspecified atom stereocenters. The summed E-state index contributed by atoms with van der Waals surface area (Å²) in [6.45, 7) is 6.74. The van der Waals surface area contributed by atoms with Crippen LogP contribution in [0.3, 0.4) is 0 Å². The first-order valence-electron chi connectivity index (χ1n) is 7.28. The Morgan fingerprint density at radius 1 is 1.10 bits per heavy atom. The van der Waals surface area contributed by atoms with Crippen molar-refractivity contribution in [1.29, 1.82) is 0 Å². The van der Waals surface area contributed by atoms with Crippen molar-refractivity contribution in [2.24, 2.45) is 5.41 Å². The Morgan fingerprint density at radius 2 is 1.75 bits per heavy atom. The van der Waals surface area contributed by atoms with Crippen molar-refractivity contribution in [1.82, 2.24) is 10.2 Å². The van der Waals surface area contributed by atoms with E-state index in [-0.39, 0.29) is 6.54 Å². The summed E-state index contributed by atoms with van der Waals surface area (Å²) < 4.78 is 5.38. The summed E-state index contributed by atoms with van der Waals surface area (Å²) in [6, 6.07) is -0.642. The number of carbonyl (C=O) groups excluding carboxylic acids is 3. The summed E-state index contributed by atoms with van der Waals surface area (Å²) >= 11 is 0. The number of nitrogens with zero attached hydrogens (tertiary/aromatic N) is 1. The quantitative estimate of drug-likeness (QED) is 0.543. The first-order chi connectivity index (χ1) is 9.53. The summed E-state index contributed by atoms with van der Waals surface area (Å²) in [5, 5.41) is 2.28. The summed E-state index contributed by atoms with van der Waals surface area (Å²) in [4.78, 5) is 37.3. The van der Waals surface area contributed by atoms with E-state index in [0.29, 0.717) is 26.1 Å². The van der Waals surface area contributed by atoms with Crippen LogP contribution in [0.1, 0.15) is 46.5 Å². The number of amides is 4. The predicted octanol–water partition coefficient (Wildman–Crippen LogP) is 1.69. The van der Waals surface area contributed by atoms with Crippen LogP contribution >= 0.6 is 0 Å². The molecule has 1 aliphatic heterocycles. The molecule has 0 radical (unpaired) electrons. The van der Waals surface area contributed by atoms with Gasteiger partial charge in [-0.1, -0.05) is 27.2 Å². The van der Waals surface area contributed by atoms with Crippen molar-refractivity contribution in [3.63, 3.8) is 0 Å². The molecule has 0 aromatic heterocycles. The Hall–Kier alpha value is -1.43. The summed E-state index contributed by atoms with van der Waals surface area (Å²) in [7, 11) is 0. The van der Waals surface area contributed by atoms with Gasteiger partial charge in [-0.15, -0.1) is 0 Å². The average Bonchev–Trinajstić information content (AvgIpc) is 2.43. The average molecular weight is 284 g/mol. The molecule has 0 bridgehead atoms. The molecule has 4 amide bonds. The molecule has 0 aliphatic carbocycles. The van der Waals surface area contributed by atoms with Crippen LogP contribution in [0, 0.1) is 5.41 Å². The van der Waals surface area contributed by atoms with Crippen molar-refractivity contribution >= 4 is 17.8 Å². The standard InChI is InChI=1S/C14H24N2O4/c1-4-7-9-20-10-8-16-12(18)14(5-2,6-3)11(17)15-13(16)19/h4-10H2,1-3H3,(H,15,17,19). The first kappa shape index (κ1) is 16.6. The number of ether oxygens (including phenoxy) is 1. The Balaban J connectivity index is 2.68. The Bertz CT molecular complexity index is 377. The lowest BCUT2D eigenvalue weighted by Crippen LogP contribution is -2.64. The minimum absolute atomic E-state index is 0.184. The zero-order valence-corrected chi connectivity index (χ0v) is 12.5. The number of hydrogen-bond acceptors (Lipinski definition) is 4. The number of unbranched alkanes of at least 4 members (excludes halogenated alkanes) is 1. The van der Waals surface area contributed by atoms with E-state index in [1.807, 2.05) is 0 Å². The highest BCUT2D eigenvalue weighted by Crippen LogP contribution is 2.32. The molecule has 0 saturated carbocycles. The lowest BCUT2D eigenvalue weighted by molar-refractivity contribution is -0.152. The van der Waals surface area contributed by atoms with Gasteiger partial charge in [0.2, 0.25) is 11.8 Å². The molecular weight excluding hydrogens is 260 g/mol. The molecule has 1 rings (SSSR count). The maximum Gasteiger partial charge on any atom is 0.330 e. The highest BCUT2D eigenvalue weighted by Gasteiger charge is 2.51. The fraction of sp³-hybridized carbons (Fsp3) is 0.786. The lowest BCUT2D eigenvalue weighted by Gasteiger charge is -2.38. The third-order valence-electron chi connectivity index (χ3n) is 3.86. The summed E-state index contributed by atoms with van der Waals surface area (Å²) in [5.74, 6) is -0.893. The molecule has 1 fully saturated rings. The minimum atomic E-state index is -1.11. The highest BCUT2D eigenvalue weighted by molar-refractivity contribution is 6.19. The van der Waals surface area contributed by atoms with Crippen LogP contribution in [-0.4, -0.2) is 42.5 Å². The molecule has 1 N–H and O–H groups in total. The van der Waals surface area contributed by atoms with E-state index in [9.17, 15) is 14.4 Å². The number of urea groups is 1. The van der Waals surface area contributed by atoms with Crippen LogP contribution in [0.15, 0.2) is 0 Å². The smallest absolute Gasteiger partial charge is 0.330 e. The first-order valence-corrected chi connectivity index (χ1v) is 7.28. The number of hydrogen-bond donors (Lipinski definition) is 1. The van der Waals surface area contributed by atoms with Gasteiger partial charge in [0.25, 0.3) is 0 Å². The lowest BCUT2D eigenvalue weighted by atomic mass is 9.78. The van der Waals surface area contributed by atoms with Gasteiger partial charge in [-0.25, -0.2) is 4.79 Å². The second-order valence-electron chi connectivity index (χ2n) is 4.97. The van der Waals surface area contributed by atoms with Gasteiger partial charge >= 0.3 is 6.03 Å². The topological polar surface area (TPSA) is 75.7 Å². The third kappa shape index (κ3) is 3.17. The van der Waals surface area contributed by atoms with Crippen molar-refractivity contribution in [2.45, 2.75) is 46.5 Å². The van der Waals surface area contributed by atoms with Crippen LogP contribution < -0.4 is 5.32 Å². The Labute approximate surface area is 119 Å². The number of rotatable bonds is 8. The van der Waals surface area contributed by atoms with Gasteiger partial charge in [-0.2, -0.15) is 0 Å². The van der Waals surface area contributed by atoms with Crippen LogP contribution in [-0.2, 0) is 14.3 Å². The molecule has 1 saturated heterocycles.